The minimum absolute atomic E-state index is 0.930. The summed E-state index contributed by atoms with van der Waals surface area (Å²) in [5.74, 6) is 0. The van der Waals surface area contributed by atoms with Crippen molar-refractivity contribution in [3.05, 3.63) is 11.0 Å². The van der Waals surface area contributed by atoms with Gasteiger partial charge in [0.15, 0.2) is 0 Å². The van der Waals surface area contributed by atoms with Crippen molar-refractivity contribution in [2.75, 3.05) is 0 Å². The van der Waals surface area contributed by atoms with E-state index in [2.05, 4.69) is 50.8 Å². The highest BCUT2D eigenvalue weighted by atomic mass is 32.4. The van der Waals surface area contributed by atoms with Gasteiger partial charge in [0.25, 0.3) is 0 Å². The summed E-state index contributed by atoms with van der Waals surface area (Å²) in [5, 5.41) is 0. The van der Waals surface area contributed by atoms with E-state index in [9.17, 15) is 0 Å². The standard InChI is InChI=1S/C9H20SSi/c1-6-8-9(7-2)10-11(3,4)5/h7H,6,8H2,1-5H3/b9-7-. The highest BCUT2D eigenvalue weighted by Crippen LogP contribution is 2.30. The summed E-state index contributed by atoms with van der Waals surface area (Å²) in [6.07, 6.45) is 4.81. The highest BCUT2D eigenvalue weighted by Gasteiger charge is 2.15. The third-order valence-electron chi connectivity index (χ3n) is 1.26. The van der Waals surface area contributed by atoms with E-state index in [-0.39, 0.29) is 0 Å². The Morgan fingerprint density at radius 3 is 2.18 bits per heavy atom. The maximum atomic E-state index is 2.40. The fourth-order valence-electron chi connectivity index (χ4n) is 0.894. The van der Waals surface area contributed by atoms with Crippen LogP contribution >= 0.6 is 11.2 Å². The second-order valence-electron chi connectivity index (χ2n) is 3.72. The fraction of sp³-hybridized carbons (Fsp3) is 0.778. The smallest absolute Gasteiger partial charge is 0.114 e. The SMILES string of the molecule is C/C=C(/CCC)S[Si](C)(C)C. The van der Waals surface area contributed by atoms with Crippen LogP contribution in [0.3, 0.4) is 0 Å². The van der Waals surface area contributed by atoms with E-state index < -0.39 is 7.22 Å². The molecule has 0 rings (SSSR count). The molecule has 0 aromatic heterocycles. The zero-order chi connectivity index (χ0) is 8.91. The van der Waals surface area contributed by atoms with Crippen LogP contribution < -0.4 is 0 Å². The first-order valence-electron chi connectivity index (χ1n) is 4.33. The van der Waals surface area contributed by atoms with Gasteiger partial charge in [-0.3, -0.25) is 0 Å². The molecule has 0 aliphatic heterocycles. The molecule has 0 N–H and O–H groups in total. The Hall–Kier alpha value is 0.307. The molecule has 0 fully saturated rings. The Bertz CT molecular complexity index is 133. The van der Waals surface area contributed by atoms with Crippen LogP contribution in [0.2, 0.25) is 19.6 Å². The molecule has 0 nitrogen and oxygen atoms in total. The van der Waals surface area contributed by atoms with Crippen LogP contribution in [0.4, 0.5) is 0 Å². The van der Waals surface area contributed by atoms with Gasteiger partial charge in [-0.15, -0.1) is 0 Å². The van der Waals surface area contributed by atoms with Crippen LogP contribution in [0.5, 0.6) is 0 Å². The van der Waals surface area contributed by atoms with E-state index in [1.807, 2.05) is 0 Å². The number of rotatable bonds is 4. The Labute approximate surface area is 76.1 Å². The minimum Gasteiger partial charge on any atom is -0.156 e. The number of allylic oxidation sites excluding steroid dienone is 2. The molecule has 0 bridgehead atoms. The lowest BCUT2D eigenvalue weighted by Crippen LogP contribution is -2.13. The van der Waals surface area contributed by atoms with Crippen molar-refractivity contribution < 1.29 is 0 Å². The third kappa shape index (κ3) is 6.69. The fourth-order valence-corrected chi connectivity index (χ4v) is 5.12. The Morgan fingerprint density at radius 1 is 1.36 bits per heavy atom. The summed E-state index contributed by atoms with van der Waals surface area (Å²) in [6.45, 7) is 11.6. The first kappa shape index (κ1) is 11.3. The monoisotopic (exact) mass is 188 g/mol. The molecule has 0 saturated carbocycles. The Balaban J connectivity index is 3.90. The first-order valence-corrected chi connectivity index (χ1v) is 9.38. The molecule has 0 aromatic rings. The van der Waals surface area contributed by atoms with Crippen LogP contribution in [0.25, 0.3) is 0 Å². The van der Waals surface area contributed by atoms with Crippen molar-refractivity contribution in [2.24, 2.45) is 0 Å². The molecule has 66 valence electrons. The predicted molar refractivity (Wildman–Crippen MR) is 59.6 cm³/mol. The summed E-state index contributed by atoms with van der Waals surface area (Å²) in [6, 6.07) is 0. The summed E-state index contributed by atoms with van der Waals surface area (Å²) in [7, 11) is -0.930. The van der Waals surface area contributed by atoms with Gasteiger partial charge in [0.1, 0.15) is 7.22 Å². The quantitative estimate of drug-likeness (QED) is 0.594. The molecule has 0 aromatic carbocycles. The molecule has 0 saturated heterocycles. The molecule has 0 radical (unpaired) electrons. The zero-order valence-corrected chi connectivity index (χ0v) is 10.2. The van der Waals surface area contributed by atoms with Gasteiger partial charge in [0.05, 0.1) is 0 Å². The van der Waals surface area contributed by atoms with E-state index >= 15 is 0 Å². The maximum absolute atomic E-state index is 2.40. The third-order valence-corrected chi connectivity index (χ3v) is 5.19. The lowest BCUT2D eigenvalue weighted by molar-refractivity contribution is 0.946. The van der Waals surface area contributed by atoms with Crippen molar-refractivity contribution in [1.82, 2.24) is 0 Å². The van der Waals surface area contributed by atoms with Crippen LogP contribution in [0, 0.1) is 0 Å². The van der Waals surface area contributed by atoms with E-state index in [0.29, 0.717) is 0 Å². The lowest BCUT2D eigenvalue weighted by atomic mass is 10.3. The second kappa shape index (κ2) is 5.04. The summed E-state index contributed by atoms with van der Waals surface area (Å²) in [4.78, 5) is 1.59. The summed E-state index contributed by atoms with van der Waals surface area (Å²) in [5.41, 5.74) is 0. The second-order valence-corrected chi connectivity index (χ2v) is 13.0. The lowest BCUT2D eigenvalue weighted by Gasteiger charge is -2.17. The van der Waals surface area contributed by atoms with Gasteiger partial charge in [0.2, 0.25) is 0 Å². The molecule has 0 unspecified atom stereocenters. The topological polar surface area (TPSA) is 0 Å². The van der Waals surface area contributed by atoms with Gasteiger partial charge >= 0.3 is 0 Å². The molecule has 0 heterocycles. The highest BCUT2D eigenvalue weighted by molar-refractivity contribution is 8.31. The molecule has 0 amide bonds. The predicted octanol–water partition coefficient (Wildman–Crippen LogP) is 4.26. The van der Waals surface area contributed by atoms with Crippen LogP contribution in [-0.4, -0.2) is 7.22 Å². The van der Waals surface area contributed by atoms with Gasteiger partial charge < -0.3 is 0 Å². The van der Waals surface area contributed by atoms with E-state index in [4.69, 9.17) is 0 Å². The van der Waals surface area contributed by atoms with Gasteiger partial charge in [-0.25, -0.2) is 0 Å². The van der Waals surface area contributed by atoms with Crippen molar-refractivity contribution in [2.45, 2.75) is 46.3 Å². The van der Waals surface area contributed by atoms with Gasteiger partial charge in [-0.2, -0.15) is 11.2 Å². The molecule has 0 aliphatic rings. The Morgan fingerprint density at radius 2 is 1.91 bits per heavy atom. The number of hydrogen-bond acceptors (Lipinski definition) is 1. The van der Waals surface area contributed by atoms with Gasteiger partial charge in [-0.1, -0.05) is 39.1 Å². The van der Waals surface area contributed by atoms with Crippen molar-refractivity contribution in [3.8, 4) is 0 Å². The molecular weight excluding hydrogens is 168 g/mol. The van der Waals surface area contributed by atoms with E-state index in [1.54, 1.807) is 4.91 Å². The molecule has 0 atom stereocenters. The molecule has 2 heteroatoms. The molecule has 11 heavy (non-hydrogen) atoms. The summed E-state index contributed by atoms with van der Waals surface area (Å²) < 4.78 is 0. The zero-order valence-electron chi connectivity index (χ0n) is 8.40. The first-order chi connectivity index (χ1) is 4.99. The minimum atomic E-state index is -0.930. The molecule has 0 aliphatic carbocycles. The average molecular weight is 188 g/mol. The van der Waals surface area contributed by atoms with Crippen LogP contribution in [0.15, 0.2) is 11.0 Å². The summed E-state index contributed by atoms with van der Waals surface area (Å²) >= 11 is 2.13. The van der Waals surface area contributed by atoms with Gasteiger partial charge in [0, 0.05) is 0 Å². The van der Waals surface area contributed by atoms with Gasteiger partial charge in [-0.05, 0) is 18.2 Å². The van der Waals surface area contributed by atoms with Crippen molar-refractivity contribution in [3.63, 3.8) is 0 Å². The molecular formula is C9H20SSi. The Kier molecular flexibility index (Phi) is 5.18. The van der Waals surface area contributed by atoms with Crippen LogP contribution in [0.1, 0.15) is 26.7 Å². The average Bonchev–Trinajstić information content (AvgIpc) is 1.84. The maximum Gasteiger partial charge on any atom is 0.114 e. The normalized spacial score (nSPS) is 13.7. The van der Waals surface area contributed by atoms with E-state index in [1.165, 1.54) is 12.8 Å². The largest absolute Gasteiger partial charge is 0.156 e. The van der Waals surface area contributed by atoms with Crippen molar-refractivity contribution in [1.29, 1.82) is 0 Å². The number of hydrogen-bond donors (Lipinski definition) is 0. The van der Waals surface area contributed by atoms with E-state index in [0.717, 1.165) is 0 Å². The van der Waals surface area contributed by atoms with Crippen LogP contribution in [-0.2, 0) is 0 Å². The van der Waals surface area contributed by atoms with Crippen molar-refractivity contribution >= 4 is 18.4 Å². The molecule has 0 spiro atoms.